The zero-order valence-electron chi connectivity index (χ0n) is 10.5. The van der Waals surface area contributed by atoms with Crippen LogP contribution in [-0.2, 0) is 4.79 Å². The highest BCUT2D eigenvalue weighted by molar-refractivity contribution is 6.11. The maximum Gasteiger partial charge on any atom is 0.328 e. The van der Waals surface area contributed by atoms with Crippen molar-refractivity contribution in [3.63, 3.8) is 0 Å². The quantitative estimate of drug-likeness (QED) is 0.838. The van der Waals surface area contributed by atoms with E-state index in [-0.39, 0.29) is 12.3 Å². The first kappa shape index (κ1) is 12.3. The van der Waals surface area contributed by atoms with E-state index in [2.05, 4.69) is 10.3 Å². The van der Waals surface area contributed by atoms with Crippen LogP contribution in [0.3, 0.4) is 0 Å². The van der Waals surface area contributed by atoms with Crippen LogP contribution in [0.25, 0.3) is 10.8 Å². The molecule has 0 bridgehead atoms. The molecule has 2 aromatic rings. The van der Waals surface area contributed by atoms with Gasteiger partial charge in [-0.3, -0.25) is 24.8 Å². The van der Waals surface area contributed by atoms with Crippen LogP contribution < -0.4 is 10.2 Å². The lowest BCUT2D eigenvalue weighted by Crippen LogP contribution is -2.49. The number of hydrogen-bond donors (Lipinski definition) is 1. The summed E-state index contributed by atoms with van der Waals surface area (Å²) in [5.41, 5.74) is 0.996. The number of pyridine rings is 1. The lowest BCUT2D eigenvalue weighted by atomic mass is 10.1. The summed E-state index contributed by atoms with van der Waals surface area (Å²) in [6.07, 6.45) is 2.47. The summed E-state index contributed by atoms with van der Waals surface area (Å²) in [5, 5.41) is 3.73. The van der Waals surface area contributed by atoms with Crippen LogP contribution in [0.5, 0.6) is 0 Å². The number of anilines is 1. The maximum absolute atomic E-state index is 11.9. The molecule has 0 radical (unpaired) electrons. The standard InChI is InChI=1S/C14H11N3O3/c18-8-11-9-2-1-3-12(10(9)4-6-15-11)17-7-5-13(19)16-14(17)20/h1-4,6,8H,5,7H2,(H,16,19,20). The molecule has 0 unspecified atom stereocenters. The molecule has 2 heterocycles. The van der Waals surface area contributed by atoms with Crippen LogP contribution in [0.1, 0.15) is 16.9 Å². The van der Waals surface area contributed by atoms with E-state index in [1.165, 1.54) is 11.1 Å². The SMILES string of the molecule is O=Cc1nccc2c(N3CCC(=O)NC3=O)cccc12. The van der Waals surface area contributed by atoms with E-state index in [0.717, 1.165) is 5.39 Å². The van der Waals surface area contributed by atoms with Crippen molar-refractivity contribution in [2.45, 2.75) is 6.42 Å². The average molecular weight is 269 g/mol. The molecule has 6 heteroatoms. The van der Waals surface area contributed by atoms with Gasteiger partial charge in [0.1, 0.15) is 5.69 Å². The summed E-state index contributed by atoms with van der Waals surface area (Å²) < 4.78 is 0. The van der Waals surface area contributed by atoms with Gasteiger partial charge >= 0.3 is 6.03 Å². The zero-order chi connectivity index (χ0) is 14.1. The van der Waals surface area contributed by atoms with Crippen molar-refractivity contribution >= 4 is 34.7 Å². The number of hydrogen-bond acceptors (Lipinski definition) is 4. The number of nitrogens with one attached hydrogen (secondary N) is 1. The third-order valence-corrected chi connectivity index (χ3v) is 3.27. The molecule has 0 saturated carbocycles. The molecule has 1 N–H and O–H groups in total. The molecule has 1 aromatic heterocycles. The molecule has 1 aliphatic heterocycles. The van der Waals surface area contributed by atoms with Gasteiger partial charge in [-0.05, 0) is 12.1 Å². The molecule has 20 heavy (non-hydrogen) atoms. The maximum atomic E-state index is 11.9. The predicted octanol–water partition coefficient (Wildman–Crippen LogP) is 1.49. The normalized spacial score (nSPS) is 15.3. The molecule has 1 saturated heterocycles. The fourth-order valence-corrected chi connectivity index (χ4v) is 2.34. The first-order chi connectivity index (χ1) is 9.70. The number of fused-ring (bicyclic) bond motifs is 1. The number of aromatic nitrogens is 1. The van der Waals surface area contributed by atoms with Crippen LogP contribution in [0.2, 0.25) is 0 Å². The van der Waals surface area contributed by atoms with Crippen LogP contribution in [0.15, 0.2) is 30.5 Å². The smallest absolute Gasteiger partial charge is 0.296 e. The highest BCUT2D eigenvalue weighted by Gasteiger charge is 2.25. The minimum Gasteiger partial charge on any atom is -0.296 e. The van der Waals surface area contributed by atoms with Gasteiger partial charge in [0.2, 0.25) is 5.91 Å². The van der Waals surface area contributed by atoms with E-state index < -0.39 is 6.03 Å². The van der Waals surface area contributed by atoms with Gasteiger partial charge < -0.3 is 0 Å². The lowest BCUT2D eigenvalue weighted by Gasteiger charge is -2.27. The molecule has 6 nitrogen and oxygen atoms in total. The molecule has 1 fully saturated rings. The fourth-order valence-electron chi connectivity index (χ4n) is 2.34. The monoisotopic (exact) mass is 269 g/mol. The number of carbonyl (C=O) groups excluding carboxylic acids is 3. The first-order valence-corrected chi connectivity index (χ1v) is 6.15. The summed E-state index contributed by atoms with van der Waals surface area (Å²) in [6, 6.07) is 6.63. The second-order valence-electron chi connectivity index (χ2n) is 4.44. The van der Waals surface area contributed by atoms with Crippen LogP contribution in [0, 0.1) is 0 Å². The third kappa shape index (κ3) is 1.91. The molecule has 0 spiro atoms. The first-order valence-electron chi connectivity index (χ1n) is 6.15. The lowest BCUT2D eigenvalue weighted by molar-refractivity contribution is -0.120. The van der Waals surface area contributed by atoms with Crippen LogP contribution in [0.4, 0.5) is 10.5 Å². The molecule has 0 aliphatic carbocycles. The Hall–Kier alpha value is -2.76. The largest absolute Gasteiger partial charge is 0.328 e. The van der Waals surface area contributed by atoms with Gasteiger partial charge in [0.05, 0.1) is 5.69 Å². The number of carbonyl (C=O) groups is 3. The molecule has 1 aliphatic rings. The van der Waals surface area contributed by atoms with Crippen molar-refractivity contribution in [3.05, 3.63) is 36.2 Å². The number of aldehydes is 1. The molecule has 3 rings (SSSR count). The van der Waals surface area contributed by atoms with Gasteiger partial charge in [-0.25, -0.2) is 4.79 Å². The van der Waals surface area contributed by atoms with Crippen molar-refractivity contribution < 1.29 is 14.4 Å². The summed E-state index contributed by atoms with van der Waals surface area (Å²) >= 11 is 0. The number of urea groups is 1. The Morgan fingerprint density at radius 1 is 1.20 bits per heavy atom. The van der Waals surface area contributed by atoms with Gasteiger partial charge in [0.25, 0.3) is 0 Å². The van der Waals surface area contributed by atoms with E-state index in [1.54, 1.807) is 24.3 Å². The minimum atomic E-state index is -0.446. The second-order valence-corrected chi connectivity index (χ2v) is 4.44. The van der Waals surface area contributed by atoms with E-state index in [4.69, 9.17) is 0 Å². The third-order valence-electron chi connectivity index (χ3n) is 3.27. The Morgan fingerprint density at radius 2 is 2.05 bits per heavy atom. The highest BCUT2D eigenvalue weighted by atomic mass is 16.2. The Bertz CT molecular complexity index is 727. The molecular formula is C14H11N3O3. The van der Waals surface area contributed by atoms with E-state index in [9.17, 15) is 14.4 Å². The molecular weight excluding hydrogens is 258 g/mol. The molecule has 3 amide bonds. The van der Waals surface area contributed by atoms with Crippen molar-refractivity contribution in [2.75, 3.05) is 11.4 Å². The fraction of sp³-hybridized carbons (Fsp3) is 0.143. The number of benzene rings is 1. The van der Waals surface area contributed by atoms with E-state index >= 15 is 0 Å². The van der Waals surface area contributed by atoms with Crippen LogP contribution in [-0.4, -0.2) is 29.8 Å². The summed E-state index contributed by atoms with van der Waals surface area (Å²) in [7, 11) is 0. The van der Waals surface area contributed by atoms with E-state index in [0.29, 0.717) is 29.6 Å². The summed E-state index contributed by atoms with van der Waals surface area (Å²) in [6.45, 7) is 0.322. The van der Waals surface area contributed by atoms with Gasteiger partial charge in [-0.15, -0.1) is 0 Å². The Balaban J connectivity index is 2.15. The van der Waals surface area contributed by atoms with Crippen molar-refractivity contribution in [2.24, 2.45) is 0 Å². The van der Waals surface area contributed by atoms with E-state index in [1.807, 2.05) is 0 Å². The predicted molar refractivity (Wildman–Crippen MR) is 72.6 cm³/mol. The molecule has 1 aromatic carbocycles. The number of amides is 3. The number of nitrogens with zero attached hydrogens (tertiary/aromatic N) is 2. The van der Waals surface area contributed by atoms with Crippen molar-refractivity contribution in [1.29, 1.82) is 0 Å². The number of imide groups is 1. The van der Waals surface area contributed by atoms with Gasteiger partial charge in [0.15, 0.2) is 6.29 Å². The van der Waals surface area contributed by atoms with Gasteiger partial charge in [-0.2, -0.15) is 0 Å². The second kappa shape index (κ2) is 4.73. The van der Waals surface area contributed by atoms with Crippen LogP contribution >= 0.6 is 0 Å². The Morgan fingerprint density at radius 3 is 2.80 bits per heavy atom. The molecule has 0 atom stereocenters. The van der Waals surface area contributed by atoms with Gasteiger partial charge in [0, 0.05) is 29.9 Å². The Labute approximate surface area is 114 Å². The van der Waals surface area contributed by atoms with Gasteiger partial charge in [-0.1, -0.05) is 12.1 Å². The summed E-state index contributed by atoms with van der Waals surface area (Å²) in [4.78, 5) is 39.6. The summed E-state index contributed by atoms with van der Waals surface area (Å²) in [5.74, 6) is -0.276. The highest BCUT2D eigenvalue weighted by Crippen LogP contribution is 2.28. The number of rotatable bonds is 2. The Kier molecular flexibility index (Phi) is 2.90. The zero-order valence-corrected chi connectivity index (χ0v) is 10.5. The topological polar surface area (TPSA) is 79.4 Å². The minimum absolute atomic E-state index is 0.258. The van der Waals surface area contributed by atoms with Crippen molar-refractivity contribution in [3.8, 4) is 0 Å². The van der Waals surface area contributed by atoms with Crippen molar-refractivity contribution in [1.82, 2.24) is 10.3 Å². The molecule has 100 valence electrons. The average Bonchev–Trinajstić information content (AvgIpc) is 2.46.